The van der Waals surface area contributed by atoms with Gasteiger partial charge >= 0.3 is 11.9 Å². The number of esters is 1. The first-order valence-corrected chi connectivity index (χ1v) is 5.09. The molecule has 0 aliphatic carbocycles. The summed E-state index contributed by atoms with van der Waals surface area (Å²) in [6, 6.07) is 8.70. The van der Waals surface area contributed by atoms with E-state index in [4.69, 9.17) is 14.2 Å². The molecular weight excluding hydrogens is 208 g/mol. The molecule has 0 fully saturated rings. The van der Waals surface area contributed by atoms with Crippen LogP contribution in [0.25, 0.3) is 0 Å². The number of carbonyl (C=O) groups excluding carboxylic acids is 1. The molecule has 88 valence electrons. The van der Waals surface area contributed by atoms with Crippen molar-refractivity contribution in [2.45, 2.75) is 19.8 Å². The minimum absolute atomic E-state index is 0.395. The number of methoxy groups -OCH3 is 1. The average Bonchev–Trinajstić information content (AvgIpc) is 2.30. The summed E-state index contributed by atoms with van der Waals surface area (Å²) in [4.78, 5) is 11.7. The van der Waals surface area contributed by atoms with Gasteiger partial charge in [-0.25, -0.2) is 4.79 Å². The Morgan fingerprint density at radius 3 is 2.44 bits per heavy atom. The summed E-state index contributed by atoms with van der Waals surface area (Å²) in [6.07, 6.45) is 0. The molecule has 0 spiro atoms. The molecule has 1 atom stereocenters. The van der Waals surface area contributed by atoms with Crippen molar-refractivity contribution in [2.75, 3.05) is 13.7 Å². The standard InChI is InChI=1S/C12H16O4/c1-4-15-12(2,14-3)16-11(13)10-8-6-5-7-9-10/h5-9H,4H2,1-3H3. The molecule has 16 heavy (non-hydrogen) atoms. The van der Waals surface area contributed by atoms with Crippen molar-refractivity contribution in [1.82, 2.24) is 0 Å². The first kappa shape index (κ1) is 12.7. The Labute approximate surface area is 95.1 Å². The third kappa shape index (κ3) is 3.32. The number of benzene rings is 1. The lowest BCUT2D eigenvalue weighted by atomic mass is 10.2. The molecule has 4 heteroatoms. The van der Waals surface area contributed by atoms with E-state index >= 15 is 0 Å². The smallest absolute Gasteiger partial charge is 0.342 e. The van der Waals surface area contributed by atoms with Crippen LogP contribution in [-0.2, 0) is 14.2 Å². The van der Waals surface area contributed by atoms with E-state index in [1.165, 1.54) is 7.11 Å². The summed E-state index contributed by atoms with van der Waals surface area (Å²) in [5.41, 5.74) is 0.463. The Balaban J connectivity index is 2.70. The van der Waals surface area contributed by atoms with Gasteiger partial charge in [0.1, 0.15) is 0 Å². The molecular formula is C12H16O4. The molecule has 1 aromatic carbocycles. The fourth-order valence-electron chi connectivity index (χ4n) is 1.19. The van der Waals surface area contributed by atoms with Crippen LogP contribution in [0.2, 0.25) is 0 Å². The highest BCUT2D eigenvalue weighted by atomic mass is 16.9. The molecule has 1 aromatic rings. The minimum atomic E-state index is -1.33. The maximum Gasteiger partial charge on any atom is 0.342 e. The summed E-state index contributed by atoms with van der Waals surface area (Å²) < 4.78 is 15.3. The molecule has 0 aromatic heterocycles. The second kappa shape index (κ2) is 5.63. The van der Waals surface area contributed by atoms with E-state index < -0.39 is 11.9 Å². The predicted octanol–water partition coefficient (Wildman–Crippen LogP) is 2.20. The minimum Gasteiger partial charge on any atom is -0.404 e. The lowest BCUT2D eigenvalue weighted by Gasteiger charge is -2.26. The van der Waals surface area contributed by atoms with Crippen molar-refractivity contribution in [3.63, 3.8) is 0 Å². The van der Waals surface area contributed by atoms with Crippen LogP contribution in [0.5, 0.6) is 0 Å². The van der Waals surface area contributed by atoms with Crippen molar-refractivity contribution < 1.29 is 19.0 Å². The zero-order chi connectivity index (χ0) is 12.0. The molecule has 0 amide bonds. The highest BCUT2D eigenvalue weighted by Crippen LogP contribution is 2.16. The third-order valence-corrected chi connectivity index (χ3v) is 2.06. The Hall–Kier alpha value is -1.39. The first-order chi connectivity index (χ1) is 7.61. The van der Waals surface area contributed by atoms with Gasteiger partial charge in [-0.05, 0) is 19.1 Å². The summed E-state index contributed by atoms with van der Waals surface area (Å²) in [6.45, 7) is 3.75. The molecule has 4 nitrogen and oxygen atoms in total. The van der Waals surface area contributed by atoms with Crippen molar-refractivity contribution in [1.29, 1.82) is 0 Å². The van der Waals surface area contributed by atoms with E-state index in [9.17, 15) is 4.79 Å². The Morgan fingerprint density at radius 1 is 1.31 bits per heavy atom. The average molecular weight is 224 g/mol. The maximum atomic E-state index is 11.7. The van der Waals surface area contributed by atoms with Gasteiger partial charge in [-0.1, -0.05) is 18.2 Å². The van der Waals surface area contributed by atoms with Gasteiger partial charge in [0.25, 0.3) is 0 Å². The summed E-state index contributed by atoms with van der Waals surface area (Å²) in [7, 11) is 1.42. The topological polar surface area (TPSA) is 44.8 Å². The molecule has 0 heterocycles. The lowest BCUT2D eigenvalue weighted by Crippen LogP contribution is -2.36. The van der Waals surface area contributed by atoms with Gasteiger partial charge in [0.15, 0.2) is 0 Å². The second-order valence-corrected chi connectivity index (χ2v) is 3.26. The molecule has 1 unspecified atom stereocenters. The van der Waals surface area contributed by atoms with Crippen LogP contribution < -0.4 is 0 Å². The van der Waals surface area contributed by atoms with Gasteiger partial charge in [0.05, 0.1) is 12.2 Å². The summed E-state index contributed by atoms with van der Waals surface area (Å²) >= 11 is 0. The Kier molecular flexibility index (Phi) is 4.46. The van der Waals surface area contributed by atoms with E-state index in [-0.39, 0.29) is 0 Å². The van der Waals surface area contributed by atoms with Crippen LogP contribution in [0.4, 0.5) is 0 Å². The molecule has 1 rings (SSSR count). The fraction of sp³-hybridized carbons (Fsp3) is 0.417. The molecule has 0 radical (unpaired) electrons. The Bertz CT molecular complexity index is 336. The van der Waals surface area contributed by atoms with Crippen LogP contribution in [0.1, 0.15) is 24.2 Å². The van der Waals surface area contributed by atoms with Crippen molar-refractivity contribution in [3.8, 4) is 0 Å². The van der Waals surface area contributed by atoms with Crippen LogP contribution in [0.3, 0.4) is 0 Å². The number of ether oxygens (including phenoxy) is 3. The molecule has 0 aliphatic rings. The monoisotopic (exact) mass is 224 g/mol. The van der Waals surface area contributed by atoms with Crippen molar-refractivity contribution >= 4 is 5.97 Å². The highest BCUT2D eigenvalue weighted by Gasteiger charge is 2.29. The van der Waals surface area contributed by atoms with Gasteiger partial charge in [-0.2, -0.15) is 0 Å². The summed E-state index contributed by atoms with van der Waals surface area (Å²) in [5.74, 6) is -1.81. The van der Waals surface area contributed by atoms with Gasteiger partial charge in [-0.15, -0.1) is 0 Å². The SMILES string of the molecule is CCOC(C)(OC)OC(=O)c1ccccc1. The predicted molar refractivity (Wildman–Crippen MR) is 58.9 cm³/mol. The van der Waals surface area contributed by atoms with Crippen LogP contribution in [-0.4, -0.2) is 25.7 Å². The van der Waals surface area contributed by atoms with E-state index in [2.05, 4.69) is 0 Å². The van der Waals surface area contributed by atoms with Crippen molar-refractivity contribution in [3.05, 3.63) is 35.9 Å². The number of carbonyl (C=O) groups is 1. The number of rotatable bonds is 5. The number of hydrogen-bond acceptors (Lipinski definition) is 4. The zero-order valence-electron chi connectivity index (χ0n) is 9.73. The zero-order valence-corrected chi connectivity index (χ0v) is 9.73. The molecule has 0 N–H and O–H groups in total. The quantitative estimate of drug-likeness (QED) is 0.568. The van der Waals surface area contributed by atoms with Gasteiger partial charge < -0.3 is 14.2 Å². The summed E-state index contributed by atoms with van der Waals surface area (Å²) in [5, 5.41) is 0. The third-order valence-electron chi connectivity index (χ3n) is 2.06. The van der Waals surface area contributed by atoms with E-state index in [1.54, 1.807) is 38.1 Å². The van der Waals surface area contributed by atoms with Crippen LogP contribution >= 0.6 is 0 Å². The maximum absolute atomic E-state index is 11.7. The normalized spacial score (nSPS) is 14.2. The van der Waals surface area contributed by atoms with Gasteiger partial charge in [0, 0.05) is 14.0 Å². The first-order valence-electron chi connectivity index (χ1n) is 5.09. The number of hydrogen-bond donors (Lipinski definition) is 0. The van der Waals surface area contributed by atoms with Gasteiger partial charge in [0.2, 0.25) is 0 Å². The van der Waals surface area contributed by atoms with Crippen LogP contribution in [0, 0.1) is 0 Å². The largest absolute Gasteiger partial charge is 0.404 e. The van der Waals surface area contributed by atoms with E-state index in [0.717, 1.165) is 0 Å². The van der Waals surface area contributed by atoms with E-state index in [0.29, 0.717) is 12.2 Å². The van der Waals surface area contributed by atoms with Crippen LogP contribution in [0.15, 0.2) is 30.3 Å². The Morgan fingerprint density at radius 2 is 1.94 bits per heavy atom. The molecule has 0 saturated carbocycles. The molecule has 0 aliphatic heterocycles. The van der Waals surface area contributed by atoms with Gasteiger partial charge in [-0.3, -0.25) is 0 Å². The molecule has 0 bridgehead atoms. The highest BCUT2D eigenvalue weighted by molar-refractivity contribution is 5.89. The fourth-order valence-corrected chi connectivity index (χ4v) is 1.19. The molecule has 0 saturated heterocycles. The lowest BCUT2D eigenvalue weighted by molar-refractivity contribution is -0.332. The van der Waals surface area contributed by atoms with Crippen molar-refractivity contribution in [2.24, 2.45) is 0 Å². The second-order valence-electron chi connectivity index (χ2n) is 3.26. The van der Waals surface area contributed by atoms with E-state index in [1.807, 2.05) is 6.07 Å².